The Bertz CT molecular complexity index is 979. The fourth-order valence-electron chi connectivity index (χ4n) is 8.77. The Morgan fingerprint density at radius 3 is 1.66 bits per heavy atom. The Balaban J connectivity index is 0.000000195. The summed E-state index contributed by atoms with van der Waals surface area (Å²) in [7, 11) is 0. The van der Waals surface area contributed by atoms with Crippen molar-refractivity contribution in [2.24, 2.45) is 35.5 Å². The quantitative estimate of drug-likeness (QED) is 0.184. The molecule has 0 spiro atoms. The summed E-state index contributed by atoms with van der Waals surface area (Å²) in [4.78, 5) is 35.3. The molecule has 47 heavy (non-hydrogen) atoms. The predicted octanol–water partition coefficient (Wildman–Crippen LogP) is 9.50. The fraction of sp³-hybridized carbons (Fsp3) is 0.925. The molecule has 0 heterocycles. The summed E-state index contributed by atoms with van der Waals surface area (Å²) in [5.74, 6) is 1.67. The van der Waals surface area contributed by atoms with Gasteiger partial charge in [-0.15, -0.1) is 0 Å². The van der Waals surface area contributed by atoms with Crippen LogP contribution < -0.4 is 0 Å². The van der Waals surface area contributed by atoms with Crippen LogP contribution in [0, 0.1) is 35.5 Å². The summed E-state index contributed by atoms with van der Waals surface area (Å²) in [6.45, 7) is 16.0. The third kappa shape index (κ3) is 11.7. The second-order valence-electron chi connectivity index (χ2n) is 16.8. The van der Waals surface area contributed by atoms with Crippen LogP contribution in [0.1, 0.15) is 177 Å². The molecule has 0 aromatic heterocycles. The number of hydrogen-bond acceptors (Lipinski definition) is 7. The smallest absolute Gasteiger partial charge is 0.309 e. The molecule has 7 heteroatoms. The van der Waals surface area contributed by atoms with Crippen LogP contribution in [-0.2, 0) is 28.6 Å². The Morgan fingerprint density at radius 2 is 1.17 bits per heavy atom. The largest absolute Gasteiger partial charge is 0.462 e. The molecule has 6 aliphatic rings. The van der Waals surface area contributed by atoms with Crippen LogP contribution in [0.25, 0.3) is 0 Å². The van der Waals surface area contributed by atoms with Gasteiger partial charge in [0.2, 0.25) is 0 Å². The third-order valence-corrected chi connectivity index (χ3v) is 12.1. The summed E-state index contributed by atoms with van der Waals surface area (Å²) in [6.07, 6.45) is 20.7. The normalized spacial score (nSPS) is 30.8. The summed E-state index contributed by atoms with van der Waals surface area (Å²) in [5, 5.41) is 10.6. The van der Waals surface area contributed by atoms with E-state index >= 15 is 0 Å². The van der Waals surface area contributed by atoms with E-state index in [1.165, 1.54) is 57.8 Å². The molecule has 4 bridgehead atoms. The minimum absolute atomic E-state index is 0.00519. The van der Waals surface area contributed by atoms with Crippen molar-refractivity contribution >= 4 is 17.9 Å². The van der Waals surface area contributed by atoms with Gasteiger partial charge in [-0.05, 0) is 121 Å². The van der Waals surface area contributed by atoms with E-state index in [4.69, 9.17) is 14.2 Å². The number of rotatable bonds is 10. The van der Waals surface area contributed by atoms with E-state index in [9.17, 15) is 19.5 Å². The fourth-order valence-corrected chi connectivity index (χ4v) is 8.77. The van der Waals surface area contributed by atoms with Crippen LogP contribution in [0.4, 0.5) is 0 Å². The second-order valence-corrected chi connectivity index (χ2v) is 16.8. The van der Waals surface area contributed by atoms with Gasteiger partial charge in [-0.25, -0.2) is 0 Å². The van der Waals surface area contributed by atoms with Crippen molar-refractivity contribution < 1.29 is 33.7 Å². The van der Waals surface area contributed by atoms with Gasteiger partial charge in [0.05, 0.1) is 23.4 Å². The van der Waals surface area contributed by atoms with Gasteiger partial charge in [0.1, 0.15) is 17.3 Å². The molecule has 0 radical (unpaired) electrons. The zero-order chi connectivity index (χ0) is 34.8. The molecule has 1 N–H and O–H groups in total. The number of carbonyl (C=O) groups is 3. The first-order chi connectivity index (χ1) is 22.1. The average molecular weight is 663 g/mol. The molecule has 7 nitrogen and oxygen atoms in total. The monoisotopic (exact) mass is 663 g/mol. The first-order valence-corrected chi connectivity index (χ1v) is 19.5. The molecule has 272 valence electrons. The SMILES string of the molecule is CCC(C)C(=O)OC(C)(C)C1CCCCC1.CCC(C)C(=O)OC12CC3CC(CC(O)(C3)C1)C2.CCC(C)C(=O)OC1CCCCC1. The van der Waals surface area contributed by atoms with Gasteiger partial charge in [-0.3, -0.25) is 14.4 Å². The molecule has 6 rings (SSSR count). The maximum Gasteiger partial charge on any atom is 0.309 e. The molecule has 0 saturated heterocycles. The molecular weight excluding hydrogens is 592 g/mol. The molecule has 0 aromatic rings. The highest BCUT2D eigenvalue weighted by molar-refractivity contribution is 5.73. The highest BCUT2D eigenvalue weighted by Gasteiger charge is 2.59. The molecule has 6 aliphatic carbocycles. The zero-order valence-electron chi connectivity index (χ0n) is 31.4. The average Bonchev–Trinajstić information content (AvgIpc) is 3.03. The van der Waals surface area contributed by atoms with Crippen molar-refractivity contribution in [1.29, 1.82) is 0 Å². The number of aliphatic hydroxyl groups is 1. The number of ether oxygens (including phenoxy) is 3. The summed E-state index contributed by atoms with van der Waals surface area (Å²) in [6, 6.07) is 0. The maximum absolute atomic E-state index is 12.1. The molecule has 6 fully saturated rings. The molecule has 0 amide bonds. The van der Waals surface area contributed by atoms with Crippen LogP contribution in [0.3, 0.4) is 0 Å². The van der Waals surface area contributed by atoms with Crippen molar-refractivity contribution in [1.82, 2.24) is 0 Å². The van der Waals surface area contributed by atoms with Gasteiger partial charge in [0, 0.05) is 6.42 Å². The standard InChI is InChI=1S/C15H24O3.C14H26O2.C11H20O2/c1-3-10(2)13(16)18-15-7-11-4-12(8-15)6-14(17,5-11)9-15;1-5-11(2)13(15)16-14(3,4)12-9-7-6-8-10-12;1-3-9(2)11(12)13-10-7-5-4-6-8-10/h10-12,17H,3-9H2,1-2H3;11-12H,5-10H2,1-4H3;9-10H,3-8H2,1-2H3. The Labute approximate surface area is 287 Å². The van der Waals surface area contributed by atoms with Gasteiger partial charge >= 0.3 is 17.9 Å². The van der Waals surface area contributed by atoms with E-state index in [1.807, 2.05) is 41.5 Å². The van der Waals surface area contributed by atoms with E-state index in [-0.39, 0.29) is 53.0 Å². The van der Waals surface area contributed by atoms with Gasteiger partial charge in [-0.2, -0.15) is 0 Å². The maximum atomic E-state index is 12.1. The van der Waals surface area contributed by atoms with Gasteiger partial charge < -0.3 is 19.3 Å². The van der Waals surface area contributed by atoms with Crippen molar-refractivity contribution in [3.8, 4) is 0 Å². The lowest BCUT2D eigenvalue weighted by molar-refractivity contribution is -0.222. The van der Waals surface area contributed by atoms with Gasteiger partial charge in [-0.1, -0.05) is 67.2 Å². The molecule has 5 unspecified atom stereocenters. The highest BCUT2D eigenvalue weighted by atomic mass is 16.6. The lowest BCUT2D eigenvalue weighted by Crippen LogP contribution is -2.60. The first kappa shape index (κ1) is 39.8. The van der Waals surface area contributed by atoms with Crippen LogP contribution in [0.2, 0.25) is 0 Å². The van der Waals surface area contributed by atoms with E-state index in [0.29, 0.717) is 24.2 Å². The van der Waals surface area contributed by atoms with Crippen LogP contribution >= 0.6 is 0 Å². The Morgan fingerprint density at radius 1 is 0.702 bits per heavy atom. The minimum Gasteiger partial charge on any atom is -0.462 e. The summed E-state index contributed by atoms with van der Waals surface area (Å²) in [5.41, 5.74) is -1.15. The van der Waals surface area contributed by atoms with Crippen molar-refractivity contribution in [3.63, 3.8) is 0 Å². The van der Waals surface area contributed by atoms with Crippen LogP contribution in [-0.4, -0.2) is 45.9 Å². The molecule has 0 aromatic carbocycles. The number of carbonyl (C=O) groups excluding carboxylic acids is 3. The zero-order valence-corrected chi connectivity index (χ0v) is 31.4. The summed E-state index contributed by atoms with van der Waals surface area (Å²) < 4.78 is 17.0. The van der Waals surface area contributed by atoms with Crippen LogP contribution in [0.15, 0.2) is 0 Å². The first-order valence-electron chi connectivity index (χ1n) is 19.5. The van der Waals surface area contributed by atoms with E-state index in [2.05, 4.69) is 13.8 Å². The second kappa shape index (κ2) is 17.9. The molecular formula is C40H70O7. The van der Waals surface area contributed by atoms with Crippen LogP contribution in [0.5, 0.6) is 0 Å². The van der Waals surface area contributed by atoms with E-state index in [0.717, 1.165) is 57.8 Å². The Kier molecular flexibility index (Phi) is 15.1. The van der Waals surface area contributed by atoms with Gasteiger partial charge in [0.15, 0.2) is 0 Å². The Hall–Kier alpha value is -1.63. The highest BCUT2D eigenvalue weighted by Crippen LogP contribution is 2.59. The molecule has 0 aliphatic heterocycles. The summed E-state index contributed by atoms with van der Waals surface area (Å²) >= 11 is 0. The number of esters is 3. The van der Waals surface area contributed by atoms with Crippen molar-refractivity contribution in [3.05, 3.63) is 0 Å². The topological polar surface area (TPSA) is 99.1 Å². The lowest BCUT2D eigenvalue weighted by Gasteiger charge is -2.59. The van der Waals surface area contributed by atoms with E-state index < -0.39 is 5.60 Å². The number of hydrogen-bond donors (Lipinski definition) is 1. The van der Waals surface area contributed by atoms with Crippen molar-refractivity contribution in [2.45, 2.75) is 200 Å². The van der Waals surface area contributed by atoms with Crippen molar-refractivity contribution in [2.75, 3.05) is 0 Å². The predicted molar refractivity (Wildman–Crippen MR) is 187 cm³/mol. The molecule has 6 saturated carbocycles. The van der Waals surface area contributed by atoms with Gasteiger partial charge in [0.25, 0.3) is 0 Å². The lowest BCUT2D eigenvalue weighted by atomic mass is 9.52. The molecule has 5 atom stereocenters. The van der Waals surface area contributed by atoms with E-state index in [1.54, 1.807) is 0 Å². The minimum atomic E-state index is -0.542. The third-order valence-electron chi connectivity index (χ3n) is 12.1.